The van der Waals surface area contributed by atoms with Gasteiger partial charge in [-0.25, -0.2) is 15.0 Å². The molecule has 4 heterocycles. The molecule has 0 radical (unpaired) electrons. The molecular formula is C15H13IN6. The van der Waals surface area contributed by atoms with E-state index in [1.54, 1.807) is 6.20 Å². The van der Waals surface area contributed by atoms with E-state index >= 15 is 0 Å². The summed E-state index contributed by atoms with van der Waals surface area (Å²) in [6.07, 6.45) is 7.52. The monoisotopic (exact) mass is 404 g/mol. The van der Waals surface area contributed by atoms with Gasteiger partial charge in [0.15, 0.2) is 11.3 Å². The molecule has 0 N–H and O–H groups in total. The standard InChI is InChI=1S/C15H13IN6/c1-8-7-21-5-4-17-12(15(21)19-8)11-6-18-10(3)14-20-9(2)13(16)22(11)14/h4-7H,1-3H3. The third-order valence-corrected chi connectivity index (χ3v) is 4.93. The first-order chi connectivity index (χ1) is 10.6. The molecular weight excluding hydrogens is 391 g/mol. The minimum atomic E-state index is 0.809. The van der Waals surface area contributed by atoms with Crippen LogP contribution in [-0.4, -0.2) is 28.7 Å². The van der Waals surface area contributed by atoms with Gasteiger partial charge in [0, 0.05) is 18.6 Å². The Morgan fingerprint density at radius 2 is 1.82 bits per heavy atom. The Balaban J connectivity index is 2.15. The molecule has 0 amide bonds. The molecule has 0 saturated heterocycles. The number of aromatic nitrogens is 6. The summed E-state index contributed by atoms with van der Waals surface area (Å²) < 4.78 is 5.16. The van der Waals surface area contributed by atoms with Crippen molar-refractivity contribution in [1.29, 1.82) is 0 Å². The fraction of sp³-hybridized carbons (Fsp3) is 0.200. The van der Waals surface area contributed by atoms with Crippen LogP contribution in [0.2, 0.25) is 0 Å². The predicted octanol–water partition coefficient (Wildman–Crippen LogP) is 2.97. The zero-order valence-electron chi connectivity index (χ0n) is 12.4. The molecule has 0 unspecified atom stereocenters. The average molecular weight is 404 g/mol. The molecule has 0 aromatic carbocycles. The number of rotatable bonds is 1. The van der Waals surface area contributed by atoms with Gasteiger partial charge in [-0.05, 0) is 43.4 Å². The lowest BCUT2D eigenvalue weighted by atomic mass is 10.3. The molecule has 22 heavy (non-hydrogen) atoms. The Morgan fingerprint density at radius 1 is 1.00 bits per heavy atom. The molecule has 0 bridgehead atoms. The minimum Gasteiger partial charge on any atom is -0.303 e. The van der Waals surface area contributed by atoms with Crippen molar-refractivity contribution in [3.05, 3.63) is 45.6 Å². The summed E-state index contributed by atoms with van der Waals surface area (Å²) >= 11 is 2.31. The van der Waals surface area contributed by atoms with Crippen LogP contribution in [0, 0.1) is 24.5 Å². The number of imidazole rings is 2. The topological polar surface area (TPSA) is 60.4 Å². The Hall–Kier alpha value is -2.03. The number of nitrogens with zero attached hydrogens (tertiary/aromatic N) is 6. The summed E-state index contributed by atoms with van der Waals surface area (Å²) in [5, 5.41) is 0. The summed E-state index contributed by atoms with van der Waals surface area (Å²) in [7, 11) is 0. The summed E-state index contributed by atoms with van der Waals surface area (Å²) in [6, 6.07) is 0. The molecule has 4 rings (SSSR count). The van der Waals surface area contributed by atoms with E-state index in [1.165, 1.54) is 0 Å². The second-order valence-electron chi connectivity index (χ2n) is 5.26. The average Bonchev–Trinajstić information content (AvgIpc) is 3.01. The summed E-state index contributed by atoms with van der Waals surface area (Å²) in [4.78, 5) is 18.2. The van der Waals surface area contributed by atoms with Crippen molar-refractivity contribution in [2.24, 2.45) is 0 Å². The van der Waals surface area contributed by atoms with Gasteiger partial charge in [0.05, 0.1) is 29.0 Å². The van der Waals surface area contributed by atoms with Crippen molar-refractivity contribution in [3.8, 4) is 11.4 Å². The highest BCUT2D eigenvalue weighted by molar-refractivity contribution is 14.1. The Bertz CT molecular complexity index is 1030. The van der Waals surface area contributed by atoms with Crippen LogP contribution in [-0.2, 0) is 0 Å². The maximum Gasteiger partial charge on any atom is 0.165 e. The molecule has 7 heteroatoms. The number of fused-ring (bicyclic) bond motifs is 2. The van der Waals surface area contributed by atoms with Gasteiger partial charge in [0.2, 0.25) is 0 Å². The van der Waals surface area contributed by atoms with Gasteiger partial charge in [-0.3, -0.25) is 9.38 Å². The molecule has 0 aliphatic heterocycles. The maximum atomic E-state index is 4.62. The number of halogens is 1. The van der Waals surface area contributed by atoms with Crippen molar-refractivity contribution in [3.63, 3.8) is 0 Å². The quantitative estimate of drug-likeness (QED) is 0.458. The van der Waals surface area contributed by atoms with Gasteiger partial charge in [0.1, 0.15) is 9.39 Å². The van der Waals surface area contributed by atoms with E-state index in [4.69, 9.17) is 0 Å². The first-order valence-corrected chi connectivity index (χ1v) is 7.95. The largest absolute Gasteiger partial charge is 0.303 e. The van der Waals surface area contributed by atoms with Crippen LogP contribution in [0.4, 0.5) is 0 Å². The zero-order valence-corrected chi connectivity index (χ0v) is 14.5. The second-order valence-corrected chi connectivity index (χ2v) is 6.29. The molecule has 4 aromatic rings. The second kappa shape index (κ2) is 4.73. The molecule has 110 valence electrons. The van der Waals surface area contributed by atoms with Crippen molar-refractivity contribution < 1.29 is 0 Å². The van der Waals surface area contributed by atoms with Crippen LogP contribution in [0.1, 0.15) is 17.1 Å². The normalized spacial score (nSPS) is 11.6. The van der Waals surface area contributed by atoms with E-state index in [-0.39, 0.29) is 0 Å². The SMILES string of the molecule is Cc1cn2ccnc(-c3cnc(C)c4nc(C)c(I)n34)c2n1. The fourth-order valence-electron chi connectivity index (χ4n) is 2.64. The third-order valence-electron chi connectivity index (χ3n) is 3.66. The maximum absolute atomic E-state index is 4.62. The highest BCUT2D eigenvalue weighted by atomic mass is 127. The van der Waals surface area contributed by atoms with Crippen LogP contribution in [0.25, 0.3) is 22.7 Å². The van der Waals surface area contributed by atoms with E-state index in [9.17, 15) is 0 Å². The minimum absolute atomic E-state index is 0.809. The van der Waals surface area contributed by atoms with Gasteiger partial charge < -0.3 is 4.40 Å². The molecule has 0 aliphatic rings. The van der Waals surface area contributed by atoms with Crippen LogP contribution in [0.5, 0.6) is 0 Å². The van der Waals surface area contributed by atoms with Crippen LogP contribution < -0.4 is 0 Å². The fourth-order valence-corrected chi connectivity index (χ4v) is 3.24. The molecule has 0 spiro atoms. The first-order valence-electron chi connectivity index (χ1n) is 6.87. The highest BCUT2D eigenvalue weighted by Gasteiger charge is 2.17. The summed E-state index contributed by atoms with van der Waals surface area (Å²) in [5.41, 5.74) is 6.26. The lowest BCUT2D eigenvalue weighted by Crippen LogP contribution is -2.02. The summed E-state index contributed by atoms with van der Waals surface area (Å²) in [5.74, 6) is 0. The Morgan fingerprint density at radius 3 is 2.64 bits per heavy atom. The van der Waals surface area contributed by atoms with Gasteiger partial charge in [0.25, 0.3) is 0 Å². The van der Waals surface area contributed by atoms with Crippen LogP contribution in [0.3, 0.4) is 0 Å². The number of aryl methyl sites for hydroxylation is 3. The molecule has 0 atom stereocenters. The Kier molecular flexibility index (Phi) is 2.93. The third kappa shape index (κ3) is 1.84. The smallest absolute Gasteiger partial charge is 0.165 e. The van der Waals surface area contributed by atoms with Gasteiger partial charge >= 0.3 is 0 Å². The van der Waals surface area contributed by atoms with E-state index in [0.29, 0.717) is 0 Å². The number of hydrogen-bond acceptors (Lipinski definition) is 4. The zero-order chi connectivity index (χ0) is 15.4. The lowest BCUT2D eigenvalue weighted by molar-refractivity contribution is 1.04. The molecule has 0 aliphatic carbocycles. The van der Waals surface area contributed by atoms with Crippen molar-refractivity contribution in [1.82, 2.24) is 28.7 Å². The highest BCUT2D eigenvalue weighted by Crippen LogP contribution is 2.26. The van der Waals surface area contributed by atoms with Crippen LogP contribution >= 0.6 is 22.6 Å². The molecule has 4 aromatic heterocycles. The van der Waals surface area contributed by atoms with E-state index in [0.717, 1.165) is 43.5 Å². The van der Waals surface area contributed by atoms with E-state index in [2.05, 4.69) is 46.9 Å². The van der Waals surface area contributed by atoms with E-state index < -0.39 is 0 Å². The molecule has 6 nitrogen and oxygen atoms in total. The van der Waals surface area contributed by atoms with Crippen molar-refractivity contribution in [2.45, 2.75) is 20.8 Å². The van der Waals surface area contributed by atoms with Gasteiger partial charge in [-0.1, -0.05) is 0 Å². The Labute approximate surface area is 140 Å². The van der Waals surface area contributed by atoms with Gasteiger partial charge in [-0.2, -0.15) is 0 Å². The molecule has 0 saturated carbocycles. The predicted molar refractivity (Wildman–Crippen MR) is 91.9 cm³/mol. The van der Waals surface area contributed by atoms with E-state index in [1.807, 2.05) is 43.8 Å². The van der Waals surface area contributed by atoms with Crippen molar-refractivity contribution >= 4 is 33.9 Å². The lowest BCUT2D eigenvalue weighted by Gasteiger charge is -2.08. The van der Waals surface area contributed by atoms with Gasteiger partial charge in [-0.15, -0.1) is 0 Å². The molecule has 0 fully saturated rings. The number of hydrogen-bond donors (Lipinski definition) is 0. The summed E-state index contributed by atoms with van der Waals surface area (Å²) in [6.45, 7) is 5.95. The van der Waals surface area contributed by atoms with Crippen LogP contribution in [0.15, 0.2) is 24.8 Å². The first kappa shape index (κ1) is 13.6. The van der Waals surface area contributed by atoms with Crippen molar-refractivity contribution in [2.75, 3.05) is 0 Å².